The summed E-state index contributed by atoms with van der Waals surface area (Å²) in [5, 5.41) is 6.93. The van der Waals surface area contributed by atoms with Gasteiger partial charge < -0.3 is 15.4 Å². The van der Waals surface area contributed by atoms with Crippen molar-refractivity contribution in [2.75, 3.05) is 26.2 Å². The topological polar surface area (TPSA) is 83.0 Å². The molecule has 172 valence electrons. The second-order valence-electron chi connectivity index (χ2n) is 9.55. The third kappa shape index (κ3) is 3.61. The molecule has 5 rings (SSSR count). The number of hydrogen-bond donors (Lipinski definition) is 2. The van der Waals surface area contributed by atoms with Crippen LogP contribution < -0.4 is 10.6 Å². The molecule has 0 aromatic carbocycles. The number of ether oxygens (including phenoxy) is 1. The zero-order valence-electron chi connectivity index (χ0n) is 18.5. The van der Waals surface area contributed by atoms with Gasteiger partial charge in [0.15, 0.2) is 5.96 Å². The van der Waals surface area contributed by atoms with E-state index in [9.17, 15) is 9.59 Å². The maximum atomic E-state index is 12.8. The lowest BCUT2D eigenvalue weighted by Crippen LogP contribution is -2.68. The quantitative estimate of drug-likeness (QED) is 0.170. The first-order valence-corrected chi connectivity index (χ1v) is 11.8. The monoisotopic (exact) mass is 542 g/mol. The van der Waals surface area contributed by atoms with Gasteiger partial charge in [-0.2, -0.15) is 0 Å². The van der Waals surface area contributed by atoms with Crippen molar-refractivity contribution in [2.24, 2.45) is 34.1 Å². The highest BCUT2D eigenvalue weighted by molar-refractivity contribution is 14.0. The van der Waals surface area contributed by atoms with Crippen LogP contribution in [0.4, 0.5) is 0 Å². The fourth-order valence-electron chi connectivity index (χ4n) is 6.57. The molecule has 2 amide bonds. The number of imide groups is 1. The van der Waals surface area contributed by atoms with E-state index in [0.29, 0.717) is 25.2 Å². The molecule has 31 heavy (non-hydrogen) atoms. The number of likely N-dealkylation sites (tertiary alicyclic amines) is 1. The predicted molar refractivity (Wildman–Crippen MR) is 129 cm³/mol. The molecule has 6 atom stereocenters. The van der Waals surface area contributed by atoms with Gasteiger partial charge in [0.25, 0.3) is 0 Å². The Hall–Kier alpha value is -1.16. The first-order valence-electron chi connectivity index (χ1n) is 11.8. The molecule has 8 heteroatoms. The van der Waals surface area contributed by atoms with Gasteiger partial charge in [0.1, 0.15) is 0 Å². The van der Waals surface area contributed by atoms with Gasteiger partial charge in [-0.1, -0.05) is 18.6 Å². The van der Waals surface area contributed by atoms with Crippen molar-refractivity contribution in [3.05, 3.63) is 12.2 Å². The van der Waals surface area contributed by atoms with E-state index in [1.54, 1.807) is 0 Å². The van der Waals surface area contributed by atoms with E-state index in [4.69, 9.17) is 9.73 Å². The van der Waals surface area contributed by atoms with E-state index in [-0.39, 0.29) is 64.9 Å². The highest BCUT2D eigenvalue weighted by Crippen LogP contribution is 2.57. The molecular weight excluding hydrogens is 507 g/mol. The summed E-state index contributed by atoms with van der Waals surface area (Å²) in [6.07, 6.45) is 10.3. The average molecular weight is 542 g/mol. The number of rotatable bonds is 7. The van der Waals surface area contributed by atoms with Gasteiger partial charge in [-0.25, -0.2) is 0 Å². The molecule has 5 aliphatic rings. The van der Waals surface area contributed by atoms with Gasteiger partial charge in [-0.3, -0.25) is 19.5 Å². The second kappa shape index (κ2) is 9.00. The highest BCUT2D eigenvalue weighted by atomic mass is 127. The average Bonchev–Trinajstić information content (AvgIpc) is 3.35. The minimum atomic E-state index is -0.119. The number of nitrogens with one attached hydrogen (secondary N) is 2. The molecule has 4 fully saturated rings. The number of nitrogens with zero attached hydrogens (tertiary/aromatic N) is 2. The molecule has 1 heterocycles. The molecule has 1 spiro atoms. The van der Waals surface area contributed by atoms with Crippen LogP contribution in [0, 0.1) is 29.1 Å². The van der Waals surface area contributed by atoms with E-state index < -0.39 is 0 Å². The van der Waals surface area contributed by atoms with E-state index in [1.807, 2.05) is 0 Å². The van der Waals surface area contributed by atoms with Crippen LogP contribution in [-0.2, 0) is 14.3 Å². The molecule has 2 N–H and O–H groups in total. The van der Waals surface area contributed by atoms with Crippen molar-refractivity contribution in [1.29, 1.82) is 0 Å². The summed E-state index contributed by atoms with van der Waals surface area (Å²) in [5.41, 5.74) is 0.261. The lowest BCUT2D eigenvalue weighted by atomic mass is 9.51. The number of allylic oxidation sites excluding steroid dienone is 2. The Morgan fingerprint density at radius 1 is 1.16 bits per heavy atom. The third-order valence-corrected chi connectivity index (χ3v) is 8.25. The normalized spacial score (nSPS) is 36.8. The number of carbonyl (C=O) groups excluding carboxylic acids is 2. The first-order chi connectivity index (χ1) is 14.6. The Kier molecular flexibility index (Phi) is 6.68. The van der Waals surface area contributed by atoms with Gasteiger partial charge in [-0.05, 0) is 51.4 Å². The molecule has 7 nitrogen and oxygen atoms in total. The number of amides is 2. The van der Waals surface area contributed by atoms with Gasteiger partial charge >= 0.3 is 0 Å². The molecule has 6 unspecified atom stereocenters. The molecular formula is C23H35IN4O3. The minimum absolute atomic E-state index is 0. The van der Waals surface area contributed by atoms with Crippen LogP contribution >= 0.6 is 24.0 Å². The summed E-state index contributed by atoms with van der Waals surface area (Å²) in [6, 6.07) is 0.386. The number of hydrogen-bond acceptors (Lipinski definition) is 4. The summed E-state index contributed by atoms with van der Waals surface area (Å²) in [5.74, 6) is 1.10. The van der Waals surface area contributed by atoms with Crippen molar-refractivity contribution in [3.63, 3.8) is 0 Å². The maximum Gasteiger partial charge on any atom is 0.233 e. The molecule has 2 bridgehead atoms. The zero-order valence-corrected chi connectivity index (χ0v) is 20.8. The number of halogens is 1. The number of carbonyl (C=O) groups is 2. The lowest BCUT2D eigenvalue weighted by Gasteiger charge is -2.61. The molecule has 3 saturated carbocycles. The number of fused-ring (bicyclic) bond motifs is 5. The van der Waals surface area contributed by atoms with Gasteiger partial charge in [0.2, 0.25) is 11.8 Å². The predicted octanol–water partition coefficient (Wildman–Crippen LogP) is 2.31. The SMILES string of the molecule is CCNC(=NCCN1C(=O)C2C3C=CC(C3)C2C1=O)NC1CC(OCC)C12CCC2.I. The summed E-state index contributed by atoms with van der Waals surface area (Å²) in [6.45, 7) is 6.47. The summed E-state index contributed by atoms with van der Waals surface area (Å²) in [7, 11) is 0. The molecule has 1 saturated heterocycles. The first kappa shape index (κ1) is 23.0. The van der Waals surface area contributed by atoms with Crippen molar-refractivity contribution in [2.45, 2.75) is 58.1 Å². The van der Waals surface area contributed by atoms with Crippen molar-refractivity contribution < 1.29 is 14.3 Å². The Morgan fingerprint density at radius 3 is 2.39 bits per heavy atom. The van der Waals surface area contributed by atoms with Crippen LogP contribution in [0.1, 0.15) is 46.0 Å². The largest absolute Gasteiger partial charge is 0.378 e. The van der Waals surface area contributed by atoms with Gasteiger partial charge in [0, 0.05) is 31.2 Å². The molecule has 0 aromatic heterocycles. The van der Waals surface area contributed by atoms with E-state index in [0.717, 1.165) is 32.0 Å². The van der Waals surface area contributed by atoms with E-state index in [2.05, 4.69) is 36.6 Å². The van der Waals surface area contributed by atoms with Crippen LogP contribution in [-0.4, -0.2) is 61.1 Å². The second-order valence-corrected chi connectivity index (χ2v) is 9.55. The third-order valence-electron chi connectivity index (χ3n) is 8.25. The number of guanidine groups is 1. The summed E-state index contributed by atoms with van der Waals surface area (Å²) in [4.78, 5) is 31.8. The fourth-order valence-corrected chi connectivity index (χ4v) is 6.57. The van der Waals surface area contributed by atoms with Crippen molar-refractivity contribution in [3.8, 4) is 0 Å². The summed E-state index contributed by atoms with van der Waals surface area (Å²) < 4.78 is 5.95. The van der Waals surface area contributed by atoms with Crippen molar-refractivity contribution >= 4 is 41.8 Å². The standard InChI is InChI=1S/C23H34N4O3.HI/c1-3-24-22(26-16-13-17(30-4-2)23(16)8-5-9-23)25-10-11-27-20(28)18-14-6-7-15(12-14)19(18)21(27)29;/h6-7,14-19H,3-5,8-13H2,1-2H3,(H2,24,25,26);1H. The molecule has 1 aliphatic heterocycles. The van der Waals surface area contributed by atoms with Crippen LogP contribution in [0.3, 0.4) is 0 Å². The fraction of sp³-hybridized carbons (Fsp3) is 0.783. The van der Waals surface area contributed by atoms with Crippen LogP contribution in [0.15, 0.2) is 17.1 Å². The smallest absolute Gasteiger partial charge is 0.233 e. The summed E-state index contributed by atoms with van der Waals surface area (Å²) >= 11 is 0. The molecule has 0 aromatic rings. The highest BCUT2D eigenvalue weighted by Gasteiger charge is 2.60. The zero-order chi connectivity index (χ0) is 20.9. The van der Waals surface area contributed by atoms with Crippen LogP contribution in [0.2, 0.25) is 0 Å². The molecule has 0 radical (unpaired) electrons. The maximum absolute atomic E-state index is 12.8. The van der Waals surface area contributed by atoms with Crippen molar-refractivity contribution in [1.82, 2.24) is 15.5 Å². The van der Waals surface area contributed by atoms with Crippen LogP contribution in [0.5, 0.6) is 0 Å². The Labute approximate surface area is 201 Å². The minimum Gasteiger partial charge on any atom is -0.378 e. The molecule has 4 aliphatic carbocycles. The van der Waals surface area contributed by atoms with Crippen LogP contribution in [0.25, 0.3) is 0 Å². The van der Waals surface area contributed by atoms with Gasteiger partial charge in [0.05, 0.1) is 24.5 Å². The lowest BCUT2D eigenvalue weighted by molar-refractivity contribution is -0.168. The van der Waals surface area contributed by atoms with E-state index >= 15 is 0 Å². The van der Waals surface area contributed by atoms with Gasteiger partial charge in [-0.15, -0.1) is 24.0 Å². The Morgan fingerprint density at radius 2 is 1.84 bits per heavy atom. The Balaban J connectivity index is 0.00000231. The van der Waals surface area contributed by atoms with E-state index in [1.165, 1.54) is 24.2 Å². The number of aliphatic imine (C=N–C) groups is 1. The Bertz CT molecular complexity index is 751.